The molecule has 0 saturated heterocycles. The first kappa shape index (κ1) is 15.4. The van der Waals surface area contributed by atoms with Crippen LogP contribution in [0.15, 0.2) is 24.3 Å². The quantitative estimate of drug-likeness (QED) is 0.784. The molecule has 0 bridgehead atoms. The number of anilines is 1. The van der Waals surface area contributed by atoms with Crippen LogP contribution in [0.4, 0.5) is 5.95 Å². The third-order valence-corrected chi connectivity index (χ3v) is 4.28. The van der Waals surface area contributed by atoms with Crippen molar-refractivity contribution in [1.29, 1.82) is 0 Å². The Morgan fingerprint density at radius 2 is 1.91 bits per heavy atom. The zero-order chi connectivity index (χ0) is 16.4. The maximum Gasteiger partial charge on any atom is 0.251 e. The van der Waals surface area contributed by atoms with E-state index in [2.05, 4.69) is 32.0 Å². The van der Waals surface area contributed by atoms with Gasteiger partial charge in [0, 0.05) is 17.8 Å². The summed E-state index contributed by atoms with van der Waals surface area (Å²) < 4.78 is 2.09. The first-order chi connectivity index (χ1) is 11.2. The highest BCUT2D eigenvalue weighted by atomic mass is 16.2. The highest BCUT2D eigenvalue weighted by Gasteiger charge is 2.18. The van der Waals surface area contributed by atoms with Crippen LogP contribution in [-0.2, 0) is 11.3 Å². The Labute approximate surface area is 134 Å². The first-order valence-corrected chi connectivity index (χ1v) is 8.12. The van der Waals surface area contributed by atoms with Gasteiger partial charge in [-0.3, -0.25) is 10.1 Å². The predicted octanol–water partition coefficient (Wildman–Crippen LogP) is 3.37. The zero-order valence-electron chi connectivity index (χ0n) is 13.7. The predicted molar refractivity (Wildman–Crippen MR) is 91.2 cm³/mol. The summed E-state index contributed by atoms with van der Waals surface area (Å²) in [6, 6.07) is 8.04. The smallest absolute Gasteiger partial charge is 0.251 e. The van der Waals surface area contributed by atoms with Gasteiger partial charge in [-0.15, -0.1) is 10.2 Å². The number of aryl methyl sites for hydroxylation is 1. The Morgan fingerprint density at radius 3 is 2.61 bits per heavy atom. The molecule has 23 heavy (non-hydrogen) atoms. The topological polar surface area (TPSA) is 72.7 Å². The van der Waals surface area contributed by atoms with Gasteiger partial charge in [0.25, 0.3) is 5.95 Å². The third-order valence-electron chi connectivity index (χ3n) is 4.28. The highest BCUT2D eigenvalue weighted by molar-refractivity contribution is 6.04. The fourth-order valence-corrected chi connectivity index (χ4v) is 2.95. The van der Waals surface area contributed by atoms with Crippen molar-refractivity contribution in [2.75, 3.05) is 5.32 Å². The normalized spacial score (nSPS) is 11.5. The summed E-state index contributed by atoms with van der Waals surface area (Å²) in [5.74, 6) is 0.202. The van der Waals surface area contributed by atoms with E-state index in [0.717, 1.165) is 41.5 Å². The van der Waals surface area contributed by atoms with Crippen molar-refractivity contribution in [3.63, 3.8) is 0 Å². The van der Waals surface area contributed by atoms with E-state index in [9.17, 15) is 4.79 Å². The number of hydrogen-bond donors (Lipinski definition) is 1. The number of carbonyl (C=O) groups is 1. The minimum absolute atomic E-state index is 0.0219. The van der Waals surface area contributed by atoms with Crippen LogP contribution in [0.5, 0.6) is 0 Å². The zero-order valence-corrected chi connectivity index (χ0v) is 13.7. The number of hydrogen-bond acceptors (Lipinski definition) is 4. The van der Waals surface area contributed by atoms with Crippen LogP contribution in [0, 0.1) is 5.92 Å². The Balaban J connectivity index is 2.05. The van der Waals surface area contributed by atoms with Gasteiger partial charge in [0.1, 0.15) is 5.52 Å². The highest BCUT2D eigenvalue weighted by Crippen LogP contribution is 2.26. The number of aromatic nitrogens is 4. The number of fused-ring (bicyclic) bond motifs is 3. The summed E-state index contributed by atoms with van der Waals surface area (Å²) in [5.41, 5.74) is 2.60. The number of carbonyl (C=O) groups excluding carboxylic acids is 1. The molecule has 0 atom stereocenters. The third kappa shape index (κ3) is 2.65. The molecule has 3 aromatic rings. The van der Waals surface area contributed by atoms with E-state index in [4.69, 9.17) is 0 Å². The lowest BCUT2D eigenvalue weighted by Crippen LogP contribution is -2.23. The molecule has 2 heterocycles. The summed E-state index contributed by atoms with van der Waals surface area (Å²) in [6.45, 7) is 6.86. The second-order valence-electron chi connectivity index (χ2n) is 5.57. The maximum absolute atomic E-state index is 12.2. The molecule has 0 fully saturated rings. The molecule has 1 amide bonds. The van der Waals surface area contributed by atoms with Crippen molar-refractivity contribution in [2.45, 2.75) is 40.2 Å². The van der Waals surface area contributed by atoms with Crippen LogP contribution in [0.1, 0.15) is 33.6 Å². The van der Waals surface area contributed by atoms with E-state index < -0.39 is 0 Å². The van der Waals surface area contributed by atoms with Crippen LogP contribution in [0.3, 0.4) is 0 Å². The van der Waals surface area contributed by atoms with Crippen molar-refractivity contribution < 1.29 is 4.79 Å². The van der Waals surface area contributed by atoms with Gasteiger partial charge in [0.2, 0.25) is 5.91 Å². The number of benzene rings is 1. The number of nitrogens with zero attached hydrogens (tertiary/aromatic N) is 4. The molecule has 0 spiro atoms. The Morgan fingerprint density at radius 1 is 1.17 bits per heavy atom. The monoisotopic (exact) mass is 311 g/mol. The molecule has 0 aliphatic carbocycles. The Bertz CT molecular complexity index is 851. The van der Waals surface area contributed by atoms with Crippen LogP contribution < -0.4 is 5.32 Å². The molecule has 120 valence electrons. The number of para-hydroxylation sites is 1. The Kier molecular flexibility index (Phi) is 4.23. The molecular formula is C17H21N5O. The number of nitrogens with one attached hydrogen (secondary N) is 1. The second kappa shape index (κ2) is 6.32. The van der Waals surface area contributed by atoms with Gasteiger partial charge in [-0.25, -0.2) is 0 Å². The van der Waals surface area contributed by atoms with Crippen LogP contribution in [-0.4, -0.2) is 25.7 Å². The summed E-state index contributed by atoms with van der Waals surface area (Å²) in [7, 11) is 0. The van der Waals surface area contributed by atoms with E-state index in [1.165, 1.54) is 0 Å². The average Bonchev–Trinajstić information content (AvgIpc) is 2.89. The summed E-state index contributed by atoms with van der Waals surface area (Å²) in [4.78, 5) is 16.7. The van der Waals surface area contributed by atoms with Gasteiger partial charge in [-0.05, 0) is 25.8 Å². The van der Waals surface area contributed by atoms with Crippen molar-refractivity contribution in [3.8, 4) is 0 Å². The fraction of sp³-hybridized carbons (Fsp3) is 0.412. The van der Waals surface area contributed by atoms with Gasteiger partial charge in [-0.1, -0.05) is 32.0 Å². The van der Waals surface area contributed by atoms with Crippen molar-refractivity contribution in [3.05, 3.63) is 24.3 Å². The molecule has 6 heteroatoms. The van der Waals surface area contributed by atoms with E-state index >= 15 is 0 Å². The van der Waals surface area contributed by atoms with Crippen LogP contribution >= 0.6 is 0 Å². The molecule has 1 N–H and O–H groups in total. The SMILES string of the molecule is CCC(CC)C(=O)Nc1nnc2c3ccccc3n(CC)c2n1. The van der Waals surface area contributed by atoms with Gasteiger partial charge < -0.3 is 4.57 Å². The Hall–Kier alpha value is -2.50. The van der Waals surface area contributed by atoms with Crippen molar-refractivity contribution >= 4 is 33.9 Å². The van der Waals surface area contributed by atoms with Crippen molar-refractivity contribution in [1.82, 2.24) is 19.7 Å². The second-order valence-corrected chi connectivity index (χ2v) is 5.57. The number of amides is 1. The number of rotatable bonds is 5. The lowest BCUT2D eigenvalue weighted by Gasteiger charge is -2.11. The molecule has 0 saturated carbocycles. The van der Waals surface area contributed by atoms with Crippen molar-refractivity contribution in [2.24, 2.45) is 5.92 Å². The molecule has 6 nitrogen and oxygen atoms in total. The minimum atomic E-state index is -0.0460. The lowest BCUT2D eigenvalue weighted by molar-refractivity contribution is -0.120. The summed E-state index contributed by atoms with van der Waals surface area (Å²) in [6.07, 6.45) is 1.60. The first-order valence-electron chi connectivity index (χ1n) is 8.12. The van der Waals surface area contributed by atoms with Gasteiger partial charge >= 0.3 is 0 Å². The standard InChI is InChI=1S/C17H21N5O/c1-4-11(5-2)16(23)19-17-18-15-14(20-21-17)12-9-7-8-10-13(12)22(15)6-3/h7-11H,4-6H2,1-3H3,(H,18,19,21,23). The molecule has 0 radical (unpaired) electrons. The lowest BCUT2D eigenvalue weighted by atomic mass is 10.0. The average molecular weight is 311 g/mol. The van der Waals surface area contributed by atoms with Gasteiger partial charge in [0.15, 0.2) is 5.65 Å². The van der Waals surface area contributed by atoms with Gasteiger partial charge in [0.05, 0.1) is 5.52 Å². The van der Waals surface area contributed by atoms with Crippen LogP contribution in [0.25, 0.3) is 22.1 Å². The van der Waals surface area contributed by atoms with E-state index in [1.54, 1.807) is 0 Å². The molecule has 1 aromatic carbocycles. The molecule has 0 aliphatic rings. The molecular weight excluding hydrogens is 290 g/mol. The molecule has 3 rings (SSSR count). The maximum atomic E-state index is 12.2. The summed E-state index contributed by atoms with van der Waals surface area (Å²) in [5, 5.41) is 12.2. The van der Waals surface area contributed by atoms with Crippen LogP contribution in [0.2, 0.25) is 0 Å². The molecule has 0 aliphatic heterocycles. The molecule has 2 aromatic heterocycles. The fourth-order valence-electron chi connectivity index (χ4n) is 2.95. The summed E-state index contributed by atoms with van der Waals surface area (Å²) >= 11 is 0. The van der Waals surface area contributed by atoms with E-state index in [1.807, 2.05) is 38.1 Å². The van der Waals surface area contributed by atoms with Gasteiger partial charge in [-0.2, -0.15) is 4.98 Å². The van der Waals surface area contributed by atoms with E-state index in [0.29, 0.717) is 0 Å². The largest absolute Gasteiger partial charge is 0.324 e. The molecule has 0 unspecified atom stereocenters. The minimum Gasteiger partial charge on any atom is -0.324 e. The van der Waals surface area contributed by atoms with E-state index in [-0.39, 0.29) is 17.8 Å².